The van der Waals surface area contributed by atoms with E-state index in [1.54, 1.807) is 0 Å². The van der Waals surface area contributed by atoms with Crippen LogP contribution in [-0.2, 0) is 14.3 Å². The standard InChI is InChI=1S/C13H21N3O7/c1-11(21,6-17)8(18)13-10(20)15-12(22,9(19)16-13)7(2-4-14)3-5-23-13/h2,8,17-18,21-22H,3-6,14H2,1H3,(H,15,20)(H,16,19)/b7-2+/t8-,11+,12-,13+/m1/s1. The molecule has 3 saturated heterocycles. The highest BCUT2D eigenvalue weighted by Gasteiger charge is 2.63. The highest BCUT2D eigenvalue weighted by molar-refractivity contribution is 6.03. The first kappa shape index (κ1) is 17.8. The third-order valence-corrected chi connectivity index (χ3v) is 4.08. The second kappa shape index (κ2) is 5.82. The lowest BCUT2D eigenvalue weighted by molar-refractivity contribution is -0.230. The van der Waals surface area contributed by atoms with Crippen molar-refractivity contribution in [3.05, 3.63) is 11.6 Å². The van der Waals surface area contributed by atoms with Crippen LogP contribution in [0, 0.1) is 0 Å². The first-order chi connectivity index (χ1) is 10.6. The Morgan fingerprint density at radius 1 is 1.43 bits per heavy atom. The zero-order valence-corrected chi connectivity index (χ0v) is 12.6. The number of fused-ring (bicyclic) bond motifs is 5. The van der Waals surface area contributed by atoms with Crippen molar-refractivity contribution >= 4 is 11.8 Å². The predicted octanol–water partition coefficient (Wildman–Crippen LogP) is -3.97. The summed E-state index contributed by atoms with van der Waals surface area (Å²) in [6.45, 7) is 0.0910. The number of rotatable bonds is 4. The van der Waals surface area contributed by atoms with Crippen molar-refractivity contribution < 1.29 is 34.8 Å². The van der Waals surface area contributed by atoms with E-state index in [9.17, 15) is 30.0 Å². The number of carbonyl (C=O) groups excluding carboxylic acids is 2. The maximum Gasteiger partial charge on any atom is 0.280 e. The van der Waals surface area contributed by atoms with Gasteiger partial charge in [0.25, 0.3) is 17.5 Å². The van der Waals surface area contributed by atoms with Gasteiger partial charge in [0.15, 0.2) is 0 Å². The Morgan fingerprint density at radius 2 is 2.09 bits per heavy atom. The largest absolute Gasteiger partial charge is 0.393 e. The fourth-order valence-corrected chi connectivity index (χ4v) is 2.65. The summed E-state index contributed by atoms with van der Waals surface area (Å²) in [6, 6.07) is 0. The van der Waals surface area contributed by atoms with Gasteiger partial charge in [-0.15, -0.1) is 0 Å². The van der Waals surface area contributed by atoms with Crippen molar-refractivity contribution in [3.8, 4) is 0 Å². The molecule has 4 atom stereocenters. The van der Waals surface area contributed by atoms with E-state index in [-0.39, 0.29) is 25.1 Å². The highest BCUT2D eigenvalue weighted by atomic mass is 16.5. The molecule has 3 aliphatic rings. The molecule has 0 aromatic carbocycles. The summed E-state index contributed by atoms with van der Waals surface area (Å²) in [5.41, 5.74) is -1.22. The van der Waals surface area contributed by atoms with Gasteiger partial charge >= 0.3 is 0 Å². The normalized spacial score (nSPS) is 36.7. The molecule has 0 radical (unpaired) electrons. The van der Waals surface area contributed by atoms with E-state index in [0.717, 1.165) is 6.92 Å². The fraction of sp³-hybridized carbons (Fsp3) is 0.692. The molecule has 2 amide bonds. The lowest BCUT2D eigenvalue weighted by atomic mass is 9.84. The van der Waals surface area contributed by atoms with Gasteiger partial charge < -0.3 is 41.5 Å². The fourth-order valence-electron chi connectivity index (χ4n) is 2.65. The number of nitrogens with one attached hydrogen (secondary N) is 2. The van der Waals surface area contributed by atoms with E-state index in [1.807, 2.05) is 0 Å². The molecule has 3 heterocycles. The molecule has 3 rings (SSSR count). The molecule has 10 nitrogen and oxygen atoms in total. The smallest absolute Gasteiger partial charge is 0.280 e. The third-order valence-electron chi connectivity index (χ3n) is 4.08. The molecule has 130 valence electrons. The molecule has 0 spiro atoms. The quantitative estimate of drug-likeness (QED) is 0.255. The van der Waals surface area contributed by atoms with E-state index in [4.69, 9.17) is 10.5 Å². The summed E-state index contributed by atoms with van der Waals surface area (Å²) >= 11 is 0. The van der Waals surface area contributed by atoms with E-state index < -0.39 is 41.6 Å². The van der Waals surface area contributed by atoms with Crippen molar-refractivity contribution in [2.45, 2.75) is 36.5 Å². The first-order valence-corrected chi connectivity index (χ1v) is 7.06. The first-order valence-electron chi connectivity index (χ1n) is 7.06. The molecular formula is C13H21N3O7. The molecule has 0 aromatic rings. The molecule has 0 aliphatic carbocycles. The summed E-state index contributed by atoms with van der Waals surface area (Å²) in [6.07, 6.45) is -0.521. The number of aliphatic hydroxyl groups is 4. The average Bonchev–Trinajstić information content (AvgIpc) is 2.49. The number of piperazine rings is 1. The Bertz CT molecular complexity index is 550. The lowest BCUT2D eigenvalue weighted by Crippen LogP contribution is -2.82. The summed E-state index contributed by atoms with van der Waals surface area (Å²) in [7, 11) is 0. The number of ether oxygens (including phenoxy) is 1. The monoisotopic (exact) mass is 331 g/mol. The maximum atomic E-state index is 12.4. The molecular weight excluding hydrogens is 310 g/mol. The van der Waals surface area contributed by atoms with Gasteiger partial charge in [-0.05, 0) is 18.9 Å². The average molecular weight is 331 g/mol. The van der Waals surface area contributed by atoms with Gasteiger partial charge in [0.05, 0.1) is 13.2 Å². The van der Waals surface area contributed by atoms with Crippen LogP contribution in [-0.4, -0.2) is 75.2 Å². The van der Waals surface area contributed by atoms with Gasteiger partial charge in [-0.25, -0.2) is 0 Å². The van der Waals surface area contributed by atoms with Crippen LogP contribution >= 0.6 is 0 Å². The minimum Gasteiger partial charge on any atom is -0.393 e. The number of carbonyl (C=O) groups is 2. The molecule has 23 heavy (non-hydrogen) atoms. The Balaban J connectivity index is 2.47. The van der Waals surface area contributed by atoms with Gasteiger partial charge in [0.2, 0.25) is 5.72 Å². The summed E-state index contributed by atoms with van der Waals surface area (Å²) in [5.74, 6) is -2.09. The Hall–Kier alpha value is -1.56. The maximum absolute atomic E-state index is 12.4. The molecule has 2 bridgehead atoms. The van der Waals surface area contributed by atoms with Crippen molar-refractivity contribution in [1.29, 1.82) is 0 Å². The molecule has 3 fully saturated rings. The Labute approximate surface area is 131 Å². The summed E-state index contributed by atoms with van der Waals surface area (Å²) in [5, 5.41) is 44.2. The minimum atomic E-state index is -2.33. The van der Waals surface area contributed by atoms with Gasteiger partial charge in [0, 0.05) is 6.54 Å². The number of nitrogens with two attached hydrogens (primary N) is 1. The highest BCUT2D eigenvalue weighted by Crippen LogP contribution is 2.33. The Morgan fingerprint density at radius 3 is 2.65 bits per heavy atom. The molecule has 0 aromatic heterocycles. The topological polar surface area (TPSA) is 174 Å². The minimum absolute atomic E-state index is 0.0355. The van der Waals surface area contributed by atoms with Crippen LogP contribution in [0.15, 0.2) is 11.6 Å². The lowest BCUT2D eigenvalue weighted by Gasteiger charge is -2.50. The SMILES string of the molecule is C[C@](O)(CO)[C@@H](O)[C@@]12NC(=O)[C@@](O)(NC1=O)/C(=C/CN)CCO2. The molecule has 8 N–H and O–H groups in total. The zero-order chi connectivity index (χ0) is 17.5. The second-order valence-electron chi connectivity index (χ2n) is 5.84. The van der Waals surface area contributed by atoms with E-state index >= 15 is 0 Å². The summed E-state index contributed by atoms with van der Waals surface area (Å²) in [4.78, 5) is 24.7. The van der Waals surface area contributed by atoms with E-state index in [2.05, 4.69) is 10.6 Å². The van der Waals surface area contributed by atoms with Crippen molar-refractivity contribution in [3.63, 3.8) is 0 Å². The number of aliphatic hydroxyl groups excluding tert-OH is 2. The van der Waals surface area contributed by atoms with Crippen LogP contribution in [0.2, 0.25) is 0 Å². The predicted molar refractivity (Wildman–Crippen MR) is 75.4 cm³/mol. The van der Waals surface area contributed by atoms with Gasteiger partial charge in [-0.3, -0.25) is 9.59 Å². The van der Waals surface area contributed by atoms with Gasteiger partial charge in [-0.2, -0.15) is 0 Å². The van der Waals surface area contributed by atoms with Crippen molar-refractivity contribution in [2.24, 2.45) is 5.73 Å². The van der Waals surface area contributed by atoms with Crippen LogP contribution in [0.5, 0.6) is 0 Å². The van der Waals surface area contributed by atoms with Crippen LogP contribution in [0.3, 0.4) is 0 Å². The van der Waals surface area contributed by atoms with Crippen molar-refractivity contribution in [1.82, 2.24) is 10.6 Å². The number of amides is 2. The van der Waals surface area contributed by atoms with Crippen LogP contribution in [0.4, 0.5) is 0 Å². The van der Waals surface area contributed by atoms with E-state index in [1.165, 1.54) is 6.08 Å². The molecule has 0 unspecified atom stereocenters. The third kappa shape index (κ3) is 2.63. The molecule has 10 heteroatoms. The van der Waals surface area contributed by atoms with E-state index in [0.29, 0.717) is 0 Å². The molecule has 0 saturated carbocycles. The summed E-state index contributed by atoms with van der Waals surface area (Å²) < 4.78 is 5.35. The second-order valence-corrected chi connectivity index (χ2v) is 5.84. The Kier molecular flexibility index (Phi) is 4.50. The number of hydrogen-bond acceptors (Lipinski definition) is 8. The van der Waals surface area contributed by atoms with Crippen molar-refractivity contribution in [2.75, 3.05) is 19.8 Å². The molecule has 3 aliphatic heterocycles. The zero-order valence-electron chi connectivity index (χ0n) is 12.6. The van der Waals surface area contributed by atoms with Crippen LogP contribution < -0.4 is 16.4 Å². The number of hydrogen-bond donors (Lipinski definition) is 7. The van der Waals surface area contributed by atoms with Gasteiger partial charge in [-0.1, -0.05) is 6.08 Å². The van der Waals surface area contributed by atoms with Crippen LogP contribution in [0.1, 0.15) is 13.3 Å². The van der Waals surface area contributed by atoms with Gasteiger partial charge in [0.1, 0.15) is 11.7 Å². The van der Waals surface area contributed by atoms with Crippen LogP contribution in [0.25, 0.3) is 0 Å².